The zero-order chi connectivity index (χ0) is 24.4. The van der Waals surface area contributed by atoms with Gasteiger partial charge in [-0.1, -0.05) is 61.2 Å². The van der Waals surface area contributed by atoms with Crippen molar-refractivity contribution in [1.82, 2.24) is 9.47 Å². The van der Waals surface area contributed by atoms with Gasteiger partial charge in [0.1, 0.15) is 21.8 Å². The Morgan fingerprint density at radius 2 is 1.88 bits per heavy atom. The predicted octanol–water partition coefficient (Wildman–Crippen LogP) is 4.25. The number of carbonyl (C=O) groups is 1. The van der Waals surface area contributed by atoms with E-state index in [0.717, 1.165) is 49.3 Å². The van der Waals surface area contributed by atoms with E-state index >= 15 is 0 Å². The number of thiocarbonyl (C=S) groups is 1. The van der Waals surface area contributed by atoms with Gasteiger partial charge in [-0.05, 0) is 49.3 Å². The van der Waals surface area contributed by atoms with Crippen LogP contribution in [0.1, 0.15) is 42.0 Å². The first-order chi connectivity index (χ1) is 16.3. The molecule has 0 bridgehead atoms. The number of nitriles is 1. The molecule has 176 valence electrons. The van der Waals surface area contributed by atoms with Crippen LogP contribution in [-0.4, -0.2) is 39.3 Å². The molecule has 8 heteroatoms. The summed E-state index contributed by atoms with van der Waals surface area (Å²) >= 11 is 6.81. The Bertz CT molecular complexity index is 1250. The molecule has 4 rings (SSSR count). The molecule has 2 aliphatic heterocycles. The third-order valence-electron chi connectivity index (χ3n) is 6.67. The SMILES string of the molecule is Cc1c(C=C2SC(=S)N(CCc3ccccc3)C2=O)c(N2CCC(C)CC2)n(C)c(=O)c1C#N. The molecular weight excluding hydrogens is 464 g/mol. The van der Waals surface area contributed by atoms with E-state index in [1.54, 1.807) is 23.4 Å². The number of aromatic nitrogens is 1. The first-order valence-electron chi connectivity index (χ1n) is 11.5. The number of anilines is 1. The summed E-state index contributed by atoms with van der Waals surface area (Å²) < 4.78 is 2.09. The summed E-state index contributed by atoms with van der Waals surface area (Å²) in [6.45, 7) is 6.20. The molecule has 2 aliphatic rings. The van der Waals surface area contributed by atoms with E-state index in [9.17, 15) is 14.9 Å². The van der Waals surface area contributed by atoms with E-state index in [1.807, 2.05) is 36.4 Å². The quantitative estimate of drug-likeness (QED) is 0.459. The van der Waals surface area contributed by atoms with Crippen LogP contribution in [0.2, 0.25) is 0 Å². The van der Waals surface area contributed by atoms with Gasteiger partial charge in [0.2, 0.25) is 0 Å². The van der Waals surface area contributed by atoms with Crippen molar-refractivity contribution in [3.63, 3.8) is 0 Å². The Balaban J connectivity index is 1.71. The van der Waals surface area contributed by atoms with Crippen molar-refractivity contribution in [1.29, 1.82) is 5.26 Å². The molecule has 0 unspecified atom stereocenters. The smallest absolute Gasteiger partial charge is 0.270 e. The number of carbonyl (C=O) groups excluding carboxylic acids is 1. The van der Waals surface area contributed by atoms with Crippen molar-refractivity contribution >= 4 is 46.1 Å². The highest BCUT2D eigenvalue weighted by Crippen LogP contribution is 2.36. The maximum Gasteiger partial charge on any atom is 0.270 e. The molecule has 0 atom stereocenters. The lowest BCUT2D eigenvalue weighted by molar-refractivity contribution is -0.122. The van der Waals surface area contributed by atoms with Crippen LogP contribution < -0.4 is 10.5 Å². The Kier molecular flexibility index (Phi) is 7.24. The number of nitrogens with zero attached hydrogens (tertiary/aromatic N) is 4. The Morgan fingerprint density at radius 3 is 2.53 bits per heavy atom. The fourth-order valence-electron chi connectivity index (χ4n) is 4.52. The van der Waals surface area contributed by atoms with Gasteiger partial charge in [-0.2, -0.15) is 5.26 Å². The summed E-state index contributed by atoms with van der Waals surface area (Å²) in [5.74, 6) is 1.27. The maximum atomic E-state index is 13.3. The van der Waals surface area contributed by atoms with Gasteiger partial charge in [-0.3, -0.25) is 19.1 Å². The summed E-state index contributed by atoms with van der Waals surface area (Å²) in [6, 6.07) is 12.1. The standard InChI is InChI=1S/C26H28N4O2S2/c1-17-9-12-29(13-10-17)23-20(18(2)21(16-27)24(31)28(23)3)15-22-25(32)30(26(33)34-22)14-11-19-7-5-4-6-8-19/h4-8,15,17H,9-14H2,1-3H3. The average Bonchev–Trinajstić information content (AvgIpc) is 3.10. The van der Waals surface area contributed by atoms with E-state index in [1.165, 1.54) is 11.8 Å². The number of pyridine rings is 1. The molecule has 34 heavy (non-hydrogen) atoms. The van der Waals surface area contributed by atoms with Crippen molar-refractivity contribution in [3.05, 3.63) is 67.8 Å². The zero-order valence-electron chi connectivity index (χ0n) is 19.7. The van der Waals surface area contributed by atoms with Crippen molar-refractivity contribution < 1.29 is 4.79 Å². The molecular formula is C26H28N4O2S2. The fraction of sp³-hybridized carbons (Fsp3) is 0.385. The van der Waals surface area contributed by atoms with E-state index in [4.69, 9.17) is 12.2 Å². The molecule has 0 N–H and O–H groups in total. The molecule has 6 nitrogen and oxygen atoms in total. The second kappa shape index (κ2) is 10.2. The first kappa shape index (κ1) is 24.2. The first-order valence-corrected chi connectivity index (χ1v) is 12.7. The molecule has 1 aromatic carbocycles. The lowest BCUT2D eigenvalue weighted by Crippen LogP contribution is -2.38. The molecule has 0 saturated carbocycles. The number of hydrogen-bond donors (Lipinski definition) is 0. The summed E-state index contributed by atoms with van der Waals surface area (Å²) in [6.07, 6.45) is 4.61. The highest BCUT2D eigenvalue weighted by molar-refractivity contribution is 8.26. The van der Waals surface area contributed by atoms with Crippen molar-refractivity contribution in [2.45, 2.75) is 33.1 Å². The second-order valence-corrected chi connectivity index (χ2v) is 10.6. The molecule has 0 spiro atoms. The molecule has 0 aliphatic carbocycles. The topological polar surface area (TPSA) is 69.3 Å². The number of thioether (sulfide) groups is 1. The van der Waals surface area contributed by atoms with Crippen LogP contribution in [0.4, 0.5) is 5.82 Å². The number of benzene rings is 1. The minimum atomic E-state index is -0.304. The summed E-state index contributed by atoms with van der Waals surface area (Å²) in [4.78, 5) is 30.6. The average molecular weight is 493 g/mol. The molecule has 2 aromatic rings. The summed E-state index contributed by atoms with van der Waals surface area (Å²) in [5.41, 5.74) is 2.31. The number of rotatable bonds is 5. The molecule has 1 amide bonds. The van der Waals surface area contributed by atoms with Gasteiger partial charge in [-0.15, -0.1) is 0 Å². The largest absolute Gasteiger partial charge is 0.357 e. The van der Waals surface area contributed by atoms with Crippen LogP contribution >= 0.6 is 24.0 Å². The molecule has 2 fully saturated rings. The van der Waals surface area contributed by atoms with Crippen molar-refractivity contribution in [2.75, 3.05) is 24.5 Å². The van der Waals surface area contributed by atoms with Crippen LogP contribution in [0.15, 0.2) is 40.0 Å². The van der Waals surface area contributed by atoms with Crippen LogP contribution in [0.25, 0.3) is 6.08 Å². The van der Waals surface area contributed by atoms with Crippen LogP contribution in [0.5, 0.6) is 0 Å². The Hall–Kier alpha value is -2.89. The molecule has 0 radical (unpaired) electrons. The van der Waals surface area contributed by atoms with Crippen molar-refractivity contribution in [2.24, 2.45) is 13.0 Å². The summed E-state index contributed by atoms with van der Waals surface area (Å²) in [7, 11) is 1.71. The van der Waals surface area contributed by atoms with Gasteiger partial charge < -0.3 is 4.90 Å². The van der Waals surface area contributed by atoms with Gasteiger partial charge in [0, 0.05) is 32.2 Å². The van der Waals surface area contributed by atoms with E-state index in [2.05, 4.69) is 17.9 Å². The summed E-state index contributed by atoms with van der Waals surface area (Å²) in [5, 5.41) is 9.66. The minimum absolute atomic E-state index is 0.113. The van der Waals surface area contributed by atoms with Gasteiger partial charge in [0.25, 0.3) is 11.5 Å². The lowest BCUT2D eigenvalue weighted by atomic mass is 9.97. The second-order valence-electron chi connectivity index (χ2n) is 8.95. The van der Waals surface area contributed by atoms with E-state index in [0.29, 0.717) is 27.3 Å². The minimum Gasteiger partial charge on any atom is -0.357 e. The van der Waals surface area contributed by atoms with Gasteiger partial charge in [0.15, 0.2) is 0 Å². The maximum absolute atomic E-state index is 13.3. The Labute approximate surface area is 209 Å². The fourth-order valence-corrected chi connectivity index (χ4v) is 5.81. The number of amides is 1. The van der Waals surface area contributed by atoms with Crippen molar-refractivity contribution in [3.8, 4) is 6.07 Å². The molecule has 1 aromatic heterocycles. The van der Waals surface area contributed by atoms with Gasteiger partial charge in [-0.25, -0.2) is 0 Å². The zero-order valence-corrected chi connectivity index (χ0v) is 21.3. The van der Waals surface area contributed by atoms with Crippen LogP contribution in [0.3, 0.4) is 0 Å². The van der Waals surface area contributed by atoms with Crippen LogP contribution in [-0.2, 0) is 18.3 Å². The Morgan fingerprint density at radius 1 is 1.21 bits per heavy atom. The third-order valence-corrected chi connectivity index (χ3v) is 8.04. The predicted molar refractivity (Wildman–Crippen MR) is 142 cm³/mol. The highest BCUT2D eigenvalue weighted by Gasteiger charge is 2.33. The van der Waals surface area contributed by atoms with Gasteiger partial charge >= 0.3 is 0 Å². The van der Waals surface area contributed by atoms with E-state index < -0.39 is 0 Å². The van der Waals surface area contributed by atoms with Gasteiger partial charge in [0.05, 0.1) is 4.91 Å². The normalized spacial score (nSPS) is 18.1. The molecule has 2 saturated heterocycles. The van der Waals surface area contributed by atoms with Crippen LogP contribution in [0, 0.1) is 24.2 Å². The monoisotopic (exact) mass is 492 g/mol. The number of hydrogen-bond acceptors (Lipinski definition) is 6. The number of piperidine rings is 1. The lowest BCUT2D eigenvalue weighted by Gasteiger charge is -2.34. The molecule has 3 heterocycles. The highest BCUT2D eigenvalue weighted by atomic mass is 32.2. The third kappa shape index (κ3) is 4.68. The van der Waals surface area contributed by atoms with E-state index in [-0.39, 0.29) is 17.0 Å².